The van der Waals surface area contributed by atoms with Gasteiger partial charge in [-0.1, -0.05) is 6.07 Å². The molecule has 1 saturated heterocycles. The van der Waals surface area contributed by atoms with Gasteiger partial charge in [0, 0.05) is 51.5 Å². The van der Waals surface area contributed by atoms with Crippen LogP contribution in [0.15, 0.2) is 23.3 Å². The van der Waals surface area contributed by atoms with Crippen LogP contribution in [0.3, 0.4) is 0 Å². The van der Waals surface area contributed by atoms with Crippen LogP contribution < -0.4 is 15.4 Å². The van der Waals surface area contributed by atoms with E-state index in [2.05, 4.69) is 20.6 Å². The molecule has 1 unspecified atom stereocenters. The van der Waals surface area contributed by atoms with E-state index in [4.69, 9.17) is 14.2 Å². The lowest BCUT2D eigenvalue weighted by Crippen LogP contribution is -2.37. The zero-order valence-corrected chi connectivity index (χ0v) is 17.3. The minimum Gasteiger partial charge on any atom is -0.481 e. The van der Waals surface area contributed by atoms with Gasteiger partial charge in [-0.3, -0.25) is 4.99 Å². The van der Waals surface area contributed by atoms with Gasteiger partial charge >= 0.3 is 0 Å². The van der Waals surface area contributed by atoms with Crippen molar-refractivity contribution in [3.63, 3.8) is 0 Å². The number of guanidine groups is 1. The lowest BCUT2D eigenvalue weighted by molar-refractivity contribution is 0.0888. The van der Waals surface area contributed by atoms with E-state index >= 15 is 0 Å². The molecule has 0 bridgehead atoms. The van der Waals surface area contributed by atoms with E-state index in [1.807, 2.05) is 12.1 Å². The van der Waals surface area contributed by atoms with E-state index in [0.717, 1.165) is 57.3 Å². The molecule has 2 N–H and O–H groups in total. The standard InChI is InChI=1S/C17H28N4O3.HI/c1-18-17(21-11-14-4-5-16(22-2)20-10-14)19-7-3-8-23-12-15-6-9-24-13-15;/h4-5,10,15H,3,6-9,11-13H2,1-2H3,(H2,18,19,21);1H. The van der Waals surface area contributed by atoms with Gasteiger partial charge in [0.1, 0.15) is 0 Å². The van der Waals surface area contributed by atoms with Crippen molar-refractivity contribution in [3.8, 4) is 5.88 Å². The van der Waals surface area contributed by atoms with Gasteiger partial charge in [0.15, 0.2) is 5.96 Å². The van der Waals surface area contributed by atoms with Crippen molar-refractivity contribution in [1.29, 1.82) is 0 Å². The smallest absolute Gasteiger partial charge is 0.212 e. The Morgan fingerprint density at radius 1 is 1.40 bits per heavy atom. The summed E-state index contributed by atoms with van der Waals surface area (Å²) < 4.78 is 16.1. The zero-order chi connectivity index (χ0) is 17.0. The van der Waals surface area contributed by atoms with Crippen LogP contribution in [0.25, 0.3) is 0 Å². The first-order chi connectivity index (χ1) is 11.8. The lowest BCUT2D eigenvalue weighted by Gasteiger charge is -2.12. The molecule has 1 fully saturated rings. The highest BCUT2D eigenvalue weighted by molar-refractivity contribution is 14.0. The summed E-state index contributed by atoms with van der Waals surface area (Å²) in [4.78, 5) is 8.39. The van der Waals surface area contributed by atoms with Gasteiger partial charge in [-0.25, -0.2) is 4.98 Å². The molecule has 0 aromatic carbocycles. The minimum absolute atomic E-state index is 0. The van der Waals surface area contributed by atoms with Gasteiger partial charge in [-0.15, -0.1) is 24.0 Å². The van der Waals surface area contributed by atoms with Crippen molar-refractivity contribution in [2.75, 3.05) is 47.1 Å². The molecule has 1 atom stereocenters. The summed E-state index contributed by atoms with van der Waals surface area (Å²) in [5.74, 6) is 1.96. The van der Waals surface area contributed by atoms with Crippen molar-refractivity contribution in [2.45, 2.75) is 19.4 Å². The van der Waals surface area contributed by atoms with Gasteiger partial charge in [0.25, 0.3) is 0 Å². The number of ether oxygens (including phenoxy) is 3. The quantitative estimate of drug-likeness (QED) is 0.251. The van der Waals surface area contributed by atoms with E-state index in [1.165, 1.54) is 0 Å². The molecule has 142 valence electrons. The third-order valence-electron chi connectivity index (χ3n) is 3.83. The average Bonchev–Trinajstić information content (AvgIpc) is 3.14. The molecule has 1 aliphatic heterocycles. The van der Waals surface area contributed by atoms with Gasteiger partial charge < -0.3 is 24.8 Å². The second-order valence-corrected chi connectivity index (χ2v) is 5.72. The summed E-state index contributed by atoms with van der Waals surface area (Å²) >= 11 is 0. The molecule has 1 aromatic rings. The highest BCUT2D eigenvalue weighted by Gasteiger charge is 2.15. The van der Waals surface area contributed by atoms with Gasteiger partial charge in [0.05, 0.1) is 20.3 Å². The Kier molecular flexibility index (Phi) is 11.5. The second-order valence-electron chi connectivity index (χ2n) is 5.72. The SMILES string of the molecule is CN=C(NCCCOCC1CCOC1)NCc1ccc(OC)nc1.I. The lowest BCUT2D eigenvalue weighted by atomic mass is 10.1. The maximum Gasteiger partial charge on any atom is 0.212 e. The van der Waals surface area contributed by atoms with Crippen molar-refractivity contribution in [2.24, 2.45) is 10.9 Å². The van der Waals surface area contributed by atoms with Crippen molar-refractivity contribution in [3.05, 3.63) is 23.9 Å². The second kappa shape index (κ2) is 13.1. The molecule has 0 spiro atoms. The topological polar surface area (TPSA) is 77.0 Å². The molecule has 7 nitrogen and oxygen atoms in total. The Morgan fingerprint density at radius 3 is 2.92 bits per heavy atom. The summed E-state index contributed by atoms with van der Waals surface area (Å²) in [6.07, 6.45) is 3.85. The van der Waals surface area contributed by atoms with Crippen LogP contribution in [0.5, 0.6) is 5.88 Å². The predicted octanol–water partition coefficient (Wildman–Crippen LogP) is 1.82. The number of aromatic nitrogens is 1. The Labute approximate surface area is 167 Å². The number of methoxy groups -OCH3 is 1. The molecular weight excluding hydrogens is 435 g/mol. The van der Waals surface area contributed by atoms with Gasteiger partial charge in [0.2, 0.25) is 5.88 Å². The average molecular weight is 464 g/mol. The largest absolute Gasteiger partial charge is 0.481 e. The Morgan fingerprint density at radius 2 is 2.28 bits per heavy atom. The fourth-order valence-corrected chi connectivity index (χ4v) is 2.39. The number of nitrogens with zero attached hydrogens (tertiary/aromatic N) is 2. The van der Waals surface area contributed by atoms with Crippen LogP contribution in [0.1, 0.15) is 18.4 Å². The highest BCUT2D eigenvalue weighted by Crippen LogP contribution is 2.12. The number of hydrogen-bond donors (Lipinski definition) is 2. The van der Waals surface area contributed by atoms with E-state index in [0.29, 0.717) is 18.3 Å². The fraction of sp³-hybridized carbons (Fsp3) is 0.647. The first-order valence-corrected chi connectivity index (χ1v) is 8.40. The third-order valence-corrected chi connectivity index (χ3v) is 3.83. The Bertz CT molecular complexity index is 493. The molecule has 0 saturated carbocycles. The summed E-state index contributed by atoms with van der Waals surface area (Å²) in [7, 11) is 3.37. The third kappa shape index (κ3) is 8.68. The number of rotatable bonds is 9. The monoisotopic (exact) mass is 464 g/mol. The molecule has 1 aliphatic rings. The molecule has 25 heavy (non-hydrogen) atoms. The summed E-state index contributed by atoms with van der Waals surface area (Å²) in [5.41, 5.74) is 1.07. The number of halogens is 1. The Hall–Kier alpha value is -1.13. The molecule has 0 amide bonds. The number of aliphatic imine (C=N–C) groups is 1. The van der Waals surface area contributed by atoms with E-state index < -0.39 is 0 Å². The molecule has 2 heterocycles. The minimum atomic E-state index is 0. The zero-order valence-electron chi connectivity index (χ0n) is 15.0. The van der Waals surface area contributed by atoms with Gasteiger partial charge in [-0.05, 0) is 18.4 Å². The molecule has 0 aliphatic carbocycles. The highest BCUT2D eigenvalue weighted by atomic mass is 127. The first kappa shape index (κ1) is 21.9. The number of nitrogens with one attached hydrogen (secondary N) is 2. The van der Waals surface area contributed by atoms with Crippen molar-refractivity contribution >= 4 is 29.9 Å². The molecule has 2 rings (SSSR count). The molecule has 8 heteroatoms. The molecular formula is C17H29IN4O3. The van der Waals surface area contributed by atoms with E-state index in [-0.39, 0.29) is 24.0 Å². The molecule has 0 radical (unpaired) electrons. The van der Waals surface area contributed by atoms with Gasteiger partial charge in [-0.2, -0.15) is 0 Å². The van der Waals surface area contributed by atoms with Crippen LogP contribution in [-0.4, -0.2) is 58.1 Å². The predicted molar refractivity (Wildman–Crippen MR) is 109 cm³/mol. The normalized spacial score (nSPS) is 17.0. The Balaban J connectivity index is 0.00000312. The van der Waals surface area contributed by atoms with E-state index in [9.17, 15) is 0 Å². The maximum atomic E-state index is 5.68. The first-order valence-electron chi connectivity index (χ1n) is 8.40. The maximum absolute atomic E-state index is 5.68. The van der Waals surface area contributed by atoms with Crippen molar-refractivity contribution in [1.82, 2.24) is 15.6 Å². The summed E-state index contributed by atoms with van der Waals surface area (Å²) in [6, 6.07) is 3.83. The van der Waals surface area contributed by atoms with E-state index in [1.54, 1.807) is 20.4 Å². The van der Waals surface area contributed by atoms with Crippen LogP contribution in [-0.2, 0) is 16.0 Å². The summed E-state index contributed by atoms with van der Waals surface area (Å²) in [6.45, 7) is 4.76. The number of hydrogen-bond acceptors (Lipinski definition) is 5. The van der Waals surface area contributed by atoms with Crippen LogP contribution >= 0.6 is 24.0 Å². The fourth-order valence-electron chi connectivity index (χ4n) is 2.39. The summed E-state index contributed by atoms with van der Waals surface area (Å²) in [5, 5.41) is 6.54. The molecule has 1 aromatic heterocycles. The van der Waals surface area contributed by atoms with Crippen LogP contribution in [0.4, 0.5) is 0 Å². The van der Waals surface area contributed by atoms with Crippen molar-refractivity contribution < 1.29 is 14.2 Å². The van der Waals surface area contributed by atoms with Crippen LogP contribution in [0, 0.1) is 5.92 Å². The van der Waals surface area contributed by atoms with Crippen LogP contribution in [0.2, 0.25) is 0 Å². The number of pyridine rings is 1.